The van der Waals surface area contributed by atoms with Crippen molar-refractivity contribution in [1.82, 2.24) is 0 Å². The lowest BCUT2D eigenvalue weighted by Crippen LogP contribution is -2.41. The van der Waals surface area contributed by atoms with Crippen LogP contribution >= 0.6 is 0 Å². The lowest BCUT2D eigenvalue weighted by Gasteiger charge is -2.38. The van der Waals surface area contributed by atoms with Crippen LogP contribution in [0.3, 0.4) is 0 Å². The Bertz CT molecular complexity index is 1430. The Morgan fingerprint density at radius 3 is 2.33 bits per heavy atom. The largest absolute Gasteiger partial charge is 0.512 e. The number of aryl methyl sites for hydroxylation is 2. The average molecular weight is 548 g/mol. The summed E-state index contributed by atoms with van der Waals surface area (Å²) < 4.78 is 34.6. The zero-order valence-corrected chi connectivity index (χ0v) is 23.6. The third-order valence-corrected chi connectivity index (χ3v) is 8.77. The Labute approximate surface area is 231 Å². The second-order valence-electron chi connectivity index (χ2n) is 10.4. The predicted molar refractivity (Wildman–Crippen MR) is 154 cm³/mol. The molecule has 1 heterocycles. The first kappa shape index (κ1) is 28.4. The lowest BCUT2D eigenvalue weighted by molar-refractivity contribution is -0.161. The monoisotopic (exact) mass is 547 g/mol. The molecule has 206 valence electrons. The Hall–Kier alpha value is -3.58. The molecule has 0 spiro atoms. The minimum atomic E-state index is -3.78. The number of cyclic esters (lactones) is 1. The Morgan fingerprint density at radius 2 is 1.69 bits per heavy atom. The molecule has 0 aromatic heterocycles. The van der Waals surface area contributed by atoms with Crippen LogP contribution in [0.4, 0.5) is 5.69 Å². The molecule has 4 rings (SSSR count). The standard InChI is InChI=1S/C32H37NO5S/c1-4-19-32(20-18-24-10-7-6-8-11-24)22-29(34)30(31(35)38-32)28(5-2)25-12-9-13-26(21-25)33-39(36,37)27-16-14-23(3)15-17-27/h6-17,21,28,33-34H,4-5,18-20,22H2,1-3H3/t28-,32-/m1/s1. The van der Waals surface area contributed by atoms with E-state index in [9.17, 15) is 18.3 Å². The van der Waals surface area contributed by atoms with E-state index in [1.54, 1.807) is 42.5 Å². The summed E-state index contributed by atoms with van der Waals surface area (Å²) in [7, 11) is -3.78. The van der Waals surface area contributed by atoms with Crippen LogP contribution in [0, 0.1) is 6.92 Å². The number of ether oxygens (including phenoxy) is 1. The minimum absolute atomic E-state index is 0.0604. The molecule has 7 heteroatoms. The molecule has 1 aliphatic heterocycles. The average Bonchev–Trinajstić information content (AvgIpc) is 2.90. The molecule has 3 aromatic carbocycles. The lowest BCUT2D eigenvalue weighted by atomic mass is 9.80. The summed E-state index contributed by atoms with van der Waals surface area (Å²) in [5.74, 6) is -0.877. The van der Waals surface area contributed by atoms with Gasteiger partial charge in [-0.2, -0.15) is 0 Å². The van der Waals surface area contributed by atoms with Gasteiger partial charge in [0, 0.05) is 18.0 Å². The Balaban J connectivity index is 1.58. The highest BCUT2D eigenvalue weighted by Crippen LogP contribution is 2.42. The number of anilines is 1. The third-order valence-electron chi connectivity index (χ3n) is 7.38. The summed E-state index contributed by atoms with van der Waals surface area (Å²) in [6, 6.07) is 23.7. The van der Waals surface area contributed by atoms with Crippen LogP contribution in [0.25, 0.3) is 0 Å². The van der Waals surface area contributed by atoms with E-state index in [2.05, 4.69) is 16.9 Å². The maximum atomic E-state index is 13.5. The second-order valence-corrected chi connectivity index (χ2v) is 12.0. The van der Waals surface area contributed by atoms with Gasteiger partial charge in [-0.25, -0.2) is 13.2 Å². The molecular formula is C32H37NO5S. The van der Waals surface area contributed by atoms with Crippen LogP contribution < -0.4 is 4.72 Å². The zero-order chi connectivity index (χ0) is 28.0. The molecule has 6 nitrogen and oxygen atoms in total. The van der Waals surface area contributed by atoms with Gasteiger partial charge in [0.05, 0.1) is 10.5 Å². The van der Waals surface area contributed by atoms with Crippen molar-refractivity contribution in [3.63, 3.8) is 0 Å². The maximum absolute atomic E-state index is 13.5. The number of nitrogens with one attached hydrogen (secondary N) is 1. The van der Waals surface area contributed by atoms with Crippen molar-refractivity contribution in [2.75, 3.05) is 4.72 Å². The zero-order valence-electron chi connectivity index (χ0n) is 22.8. The van der Waals surface area contributed by atoms with Crippen LogP contribution in [-0.2, 0) is 26.0 Å². The first-order valence-electron chi connectivity index (χ1n) is 13.5. The molecule has 0 aliphatic carbocycles. The highest BCUT2D eigenvalue weighted by Gasteiger charge is 2.43. The summed E-state index contributed by atoms with van der Waals surface area (Å²) in [6.07, 6.45) is 3.66. The number of aliphatic hydroxyl groups is 1. The summed E-state index contributed by atoms with van der Waals surface area (Å²) in [5, 5.41) is 11.3. The highest BCUT2D eigenvalue weighted by atomic mass is 32.2. The first-order chi connectivity index (χ1) is 18.7. The Morgan fingerprint density at radius 1 is 0.974 bits per heavy atom. The van der Waals surface area contributed by atoms with Crippen LogP contribution in [0.5, 0.6) is 0 Å². The van der Waals surface area contributed by atoms with Crippen molar-refractivity contribution in [2.45, 2.75) is 75.7 Å². The number of carbonyl (C=O) groups is 1. The van der Waals surface area contributed by atoms with Gasteiger partial charge in [0.1, 0.15) is 11.4 Å². The van der Waals surface area contributed by atoms with Crippen molar-refractivity contribution >= 4 is 21.7 Å². The summed E-state index contributed by atoms with van der Waals surface area (Å²) >= 11 is 0. The van der Waals surface area contributed by atoms with Crippen LogP contribution in [0.1, 0.15) is 68.6 Å². The predicted octanol–water partition coefficient (Wildman–Crippen LogP) is 7.22. The molecule has 1 aliphatic rings. The molecular weight excluding hydrogens is 510 g/mol. The molecule has 0 unspecified atom stereocenters. The number of rotatable bonds is 11. The fourth-order valence-electron chi connectivity index (χ4n) is 5.38. The molecule has 2 N–H and O–H groups in total. The SMILES string of the molecule is CCC[C@@]1(CCc2ccccc2)CC(O)=C([C@H](CC)c2cccc(NS(=O)(=O)c3ccc(C)cc3)c2)C(=O)O1. The van der Waals surface area contributed by atoms with Gasteiger partial charge in [0.2, 0.25) is 0 Å². The summed E-state index contributed by atoms with van der Waals surface area (Å²) in [4.78, 5) is 13.6. The van der Waals surface area contributed by atoms with E-state index in [1.165, 1.54) is 0 Å². The van der Waals surface area contributed by atoms with E-state index < -0.39 is 27.5 Å². The summed E-state index contributed by atoms with van der Waals surface area (Å²) in [6.45, 7) is 5.88. The number of sulfonamides is 1. The fraction of sp³-hybridized carbons (Fsp3) is 0.344. The van der Waals surface area contributed by atoms with Crippen LogP contribution in [-0.4, -0.2) is 25.1 Å². The highest BCUT2D eigenvalue weighted by molar-refractivity contribution is 7.92. The number of esters is 1. The molecule has 0 fully saturated rings. The van der Waals surface area contributed by atoms with Crippen LogP contribution in [0.15, 0.2) is 95.1 Å². The Kier molecular flexibility index (Phi) is 8.80. The minimum Gasteiger partial charge on any atom is -0.512 e. The number of hydrogen-bond donors (Lipinski definition) is 2. The van der Waals surface area contributed by atoms with E-state index in [4.69, 9.17) is 4.74 Å². The third kappa shape index (κ3) is 6.71. The van der Waals surface area contributed by atoms with Gasteiger partial charge >= 0.3 is 5.97 Å². The van der Waals surface area contributed by atoms with E-state index in [-0.39, 0.29) is 22.6 Å². The smallest absolute Gasteiger partial charge is 0.338 e. The number of carbonyl (C=O) groups excluding carboxylic acids is 1. The van der Waals surface area contributed by atoms with E-state index in [0.29, 0.717) is 24.9 Å². The molecule has 0 saturated heterocycles. The first-order valence-corrected chi connectivity index (χ1v) is 15.0. The van der Waals surface area contributed by atoms with E-state index >= 15 is 0 Å². The molecule has 0 amide bonds. The van der Waals surface area contributed by atoms with Crippen molar-refractivity contribution in [3.05, 3.63) is 107 Å². The molecule has 3 aromatic rings. The van der Waals surface area contributed by atoms with Gasteiger partial charge in [0.15, 0.2) is 0 Å². The van der Waals surface area contributed by atoms with Gasteiger partial charge in [-0.1, -0.05) is 80.4 Å². The molecule has 0 bridgehead atoms. The van der Waals surface area contributed by atoms with Gasteiger partial charge in [-0.05, 0) is 68.0 Å². The molecule has 39 heavy (non-hydrogen) atoms. The second kappa shape index (κ2) is 12.1. The van der Waals surface area contributed by atoms with Crippen molar-refractivity contribution < 1.29 is 23.1 Å². The maximum Gasteiger partial charge on any atom is 0.338 e. The van der Waals surface area contributed by atoms with Gasteiger partial charge in [-0.3, -0.25) is 4.72 Å². The number of hydrogen-bond acceptors (Lipinski definition) is 5. The fourth-order valence-corrected chi connectivity index (χ4v) is 6.43. The van der Waals surface area contributed by atoms with Crippen molar-refractivity contribution in [3.8, 4) is 0 Å². The van der Waals surface area contributed by atoms with Crippen LogP contribution in [0.2, 0.25) is 0 Å². The topological polar surface area (TPSA) is 92.7 Å². The quantitative estimate of drug-likeness (QED) is 0.247. The molecule has 0 radical (unpaired) electrons. The van der Waals surface area contributed by atoms with E-state index in [0.717, 1.165) is 29.5 Å². The number of aliphatic hydroxyl groups excluding tert-OH is 1. The molecule has 2 atom stereocenters. The van der Waals surface area contributed by atoms with Gasteiger partial charge in [-0.15, -0.1) is 0 Å². The summed E-state index contributed by atoms with van der Waals surface area (Å²) in [5.41, 5.74) is 2.75. The van der Waals surface area contributed by atoms with E-state index in [1.807, 2.05) is 45.0 Å². The number of benzene rings is 3. The van der Waals surface area contributed by atoms with Crippen molar-refractivity contribution in [2.24, 2.45) is 0 Å². The van der Waals surface area contributed by atoms with Gasteiger partial charge in [0.25, 0.3) is 10.0 Å². The molecule has 0 saturated carbocycles. The van der Waals surface area contributed by atoms with Crippen molar-refractivity contribution in [1.29, 1.82) is 0 Å². The normalized spacial score (nSPS) is 18.5. The van der Waals surface area contributed by atoms with Gasteiger partial charge < -0.3 is 9.84 Å².